The standard InChI is InChI=1S/C19H18F2N6O2/c20-15-11-23-10-13-12-27(7-8-29-16(13)15)17(28)19(21)2-5-26(6-3-19)18-24-4-1-14(9-22)25-18/h1,4,10-11H,2-3,5-8,12H2. The number of nitriles is 1. The number of hydrogen-bond acceptors (Lipinski definition) is 7. The van der Waals surface area contributed by atoms with E-state index >= 15 is 4.39 Å². The van der Waals surface area contributed by atoms with E-state index in [4.69, 9.17) is 10.00 Å². The molecule has 2 aliphatic heterocycles. The number of anilines is 1. The number of rotatable bonds is 2. The lowest BCUT2D eigenvalue weighted by atomic mass is 9.91. The van der Waals surface area contributed by atoms with Crippen LogP contribution < -0.4 is 9.64 Å². The third kappa shape index (κ3) is 3.68. The normalized spacial score (nSPS) is 18.2. The Balaban J connectivity index is 1.46. The van der Waals surface area contributed by atoms with E-state index in [9.17, 15) is 9.18 Å². The molecule has 10 heteroatoms. The highest BCUT2D eigenvalue weighted by Crippen LogP contribution is 2.32. The Hall–Kier alpha value is -3.35. The van der Waals surface area contributed by atoms with Crippen LogP contribution in [0.4, 0.5) is 14.7 Å². The first-order valence-corrected chi connectivity index (χ1v) is 9.22. The monoisotopic (exact) mass is 400 g/mol. The second kappa shape index (κ2) is 7.58. The van der Waals surface area contributed by atoms with E-state index in [1.807, 2.05) is 6.07 Å². The molecule has 0 atom stereocenters. The van der Waals surface area contributed by atoms with Crippen molar-refractivity contribution in [1.29, 1.82) is 5.26 Å². The number of amides is 1. The van der Waals surface area contributed by atoms with E-state index < -0.39 is 17.4 Å². The molecule has 29 heavy (non-hydrogen) atoms. The molecule has 0 aromatic carbocycles. The van der Waals surface area contributed by atoms with Crippen molar-refractivity contribution in [3.8, 4) is 11.8 Å². The maximum absolute atomic E-state index is 15.5. The SMILES string of the molecule is N#Cc1ccnc(N2CCC(F)(C(=O)N3CCOc4c(F)cncc4C3)CC2)n1. The van der Waals surface area contributed by atoms with Crippen LogP contribution in [0.3, 0.4) is 0 Å². The van der Waals surface area contributed by atoms with E-state index in [0.717, 1.165) is 6.20 Å². The maximum atomic E-state index is 15.5. The summed E-state index contributed by atoms with van der Waals surface area (Å²) in [4.78, 5) is 28.1. The van der Waals surface area contributed by atoms with Crippen LogP contribution in [0, 0.1) is 17.1 Å². The molecule has 1 fully saturated rings. The Bertz CT molecular complexity index is 971. The molecule has 4 rings (SSSR count). The quantitative estimate of drug-likeness (QED) is 0.756. The van der Waals surface area contributed by atoms with Crippen molar-refractivity contribution in [2.45, 2.75) is 25.1 Å². The Morgan fingerprint density at radius 2 is 2.07 bits per heavy atom. The number of fused-ring (bicyclic) bond motifs is 1. The van der Waals surface area contributed by atoms with Gasteiger partial charge in [0.25, 0.3) is 5.91 Å². The highest BCUT2D eigenvalue weighted by Gasteiger charge is 2.45. The zero-order chi connectivity index (χ0) is 20.4. The average Bonchev–Trinajstić information content (AvgIpc) is 2.97. The molecule has 0 aliphatic carbocycles. The molecule has 0 spiro atoms. The predicted molar refractivity (Wildman–Crippen MR) is 97.1 cm³/mol. The van der Waals surface area contributed by atoms with Gasteiger partial charge in [-0.1, -0.05) is 0 Å². The number of halogens is 2. The molecule has 2 aromatic heterocycles. The molecule has 2 aromatic rings. The van der Waals surface area contributed by atoms with Gasteiger partial charge >= 0.3 is 0 Å². The summed E-state index contributed by atoms with van der Waals surface area (Å²) in [5.74, 6) is -0.825. The summed E-state index contributed by atoms with van der Waals surface area (Å²) in [7, 11) is 0. The molecule has 0 unspecified atom stereocenters. The van der Waals surface area contributed by atoms with Crippen LogP contribution in [-0.2, 0) is 11.3 Å². The Labute approximate surface area is 165 Å². The van der Waals surface area contributed by atoms with Gasteiger partial charge in [0.2, 0.25) is 5.95 Å². The van der Waals surface area contributed by atoms with Crippen molar-refractivity contribution < 1.29 is 18.3 Å². The predicted octanol–water partition coefficient (Wildman–Crippen LogP) is 1.61. The third-order valence-electron chi connectivity index (χ3n) is 5.16. The van der Waals surface area contributed by atoms with Crippen molar-refractivity contribution in [2.75, 3.05) is 31.1 Å². The van der Waals surface area contributed by atoms with Crippen LogP contribution in [0.1, 0.15) is 24.1 Å². The lowest BCUT2D eigenvalue weighted by molar-refractivity contribution is -0.146. The van der Waals surface area contributed by atoms with E-state index in [-0.39, 0.29) is 57.1 Å². The van der Waals surface area contributed by atoms with Gasteiger partial charge in [-0.25, -0.2) is 18.7 Å². The number of piperidine rings is 1. The Morgan fingerprint density at radius 3 is 2.83 bits per heavy atom. The van der Waals surface area contributed by atoms with E-state index in [1.54, 1.807) is 4.90 Å². The van der Waals surface area contributed by atoms with Crippen LogP contribution in [0.25, 0.3) is 0 Å². The summed E-state index contributed by atoms with van der Waals surface area (Å²) in [5, 5.41) is 8.96. The van der Waals surface area contributed by atoms with Crippen LogP contribution >= 0.6 is 0 Å². The molecule has 4 heterocycles. The molecular weight excluding hydrogens is 382 g/mol. The second-order valence-electron chi connectivity index (χ2n) is 6.99. The first kappa shape index (κ1) is 19.0. The Morgan fingerprint density at radius 1 is 1.28 bits per heavy atom. The number of nitrogens with zero attached hydrogens (tertiary/aromatic N) is 6. The molecule has 0 saturated carbocycles. The smallest absolute Gasteiger partial charge is 0.260 e. The molecule has 0 radical (unpaired) electrons. The van der Waals surface area contributed by atoms with E-state index in [0.29, 0.717) is 11.5 Å². The summed E-state index contributed by atoms with van der Waals surface area (Å²) in [6.45, 7) is 0.774. The fourth-order valence-corrected chi connectivity index (χ4v) is 3.57. The van der Waals surface area contributed by atoms with Crippen molar-refractivity contribution in [1.82, 2.24) is 19.9 Å². The van der Waals surface area contributed by atoms with Gasteiger partial charge in [0.05, 0.1) is 19.3 Å². The van der Waals surface area contributed by atoms with Gasteiger partial charge in [0.15, 0.2) is 17.2 Å². The number of aromatic nitrogens is 3. The fraction of sp³-hybridized carbons (Fsp3) is 0.421. The number of alkyl halides is 1. The van der Waals surface area contributed by atoms with Gasteiger partial charge in [0, 0.05) is 43.9 Å². The number of carbonyl (C=O) groups excluding carboxylic acids is 1. The topological polar surface area (TPSA) is 95.2 Å². The molecule has 8 nitrogen and oxygen atoms in total. The van der Waals surface area contributed by atoms with Crippen LogP contribution in [0.2, 0.25) is 0 Å². The summed E-state index contributed by atoms with van der Waals surface area (Å²) in [5.41, 5.74) is -1.39. The minimum atomic E-state index is -2.03. The minimum absolute atomic E-state index is 0.0302. The Kier molecular flexibility index (Phi) is 4.96. The van der Waals surface area contributed by atoms with Crippen molar-refractivity contribution in [3.63, 3.8) is 0 Å². The van der Waals surface area contributed by atoms with E-state index in [1.165, 1.54) is 23.4 Å². The van der Waals surface area contributed by atoms with Gasteiger partial charge in [-0.3, -0.25) is 9.78 Å². The second-order valence-corrected chi connectivity index (χ2v) is 6.99. The summed E-state index contributed by atoms with van der Waals surface area (Å²) < 4.78 is 34.8. The van der Waals surface area contributed by atoms with Crippen LogP contribution in [0.5, 0.6) is 5.75 Å². The minimum Gasteiger partial charge on any atom is -0.488 e. The first-order chi connectivity index (χ1) is 14.0. The summed E-state index contributed by atoms with van der Waals surface area (Å²) >= 11 is 0. The first-order valence-electron chi connectivity index (χ1n) is 9.22. The number of ether oxygens (including phenoxy) is 1. The molecule has 0 N–H and O–H groups in total. The van der Waals surface area contributed by atoms with Gasteiger partial charge < -0.3 is 14.5 Å². The lowest BCUT2D eigenvalue weighted by Crippen LogP contribution is -2.53. The lowest BCUT2D eigenvalue weighted by Gasteiger charge is -2.37. The maximum Gasteiger partial charge on any atom is 0.260 e. The van der Waals surface area contributed by atoms with Gasteiger partial charge in [0.1, 0.15) is 18.4 Å². The van der Waals surface area contributed by atoms with Gasteiger partial charge in [-0.2, -0.15) is 5.26 Å². The van der Waals surface area contributed by atoms with Gasteiger partial charge in [-0.15, -0.1) is 0 Å². The number of hydrogen-bond donors (Lipinski definition) is 0. The van der Waals surface area contributed by atoms with Crippen molar-refractivity contribution in [2.24, 2.45) is 0 Å². The summed E-state index contributed by atoms with van der Waals surface area (Å²) in [6, 6.07) is 3.44. The van der Waals surface area contributed by atoms with Crippen molar-refractivity contribution >= 4 is 11.9 Å². The zero-order valence-corrected chi connectivity index (χ0v) is 15.5. The number of pyridine rings is 1. The van der Waals surface area contributed by atoms with Crippen LogP contribution in [0.15, 0.2) is 24.7 Å². The molecule has 1 saturated heterocycles. The zero-order valence-electron chi connectivity index (χ0n) is 15.5. The number of carbonyl (C=O) groups is 1. The fourth-order valence-electron chi connectivity index (χ4n) is 3.57. The molecule has 150 valence electrons. The molecule has 2 aliphatic rings. The summed E-state index contributed by atoms with van der Waals surface area (Å²) in [6.07, 6.45) is 3.89. The molecule has 0 bridgehead atoms. The molecule has 1 amide bonds. The van der Waals surface area contributed by atoms with E-state index in [2.05, 4.69) is 15.0 Å². The highest BCUT2D eigenvalue weighted by molar-refractivity contribution is 5.85. The third-order valence-corrected chi connectivity index (χ3v) is 5.16. The van der Waals surface area contributed by atoms with Crippen molar-refractivity contribution in [3.05, 3.63) is 41.7 Å². The highest BCUT2D eigenvalue weighted by atomic mass is 19.1. The average molecular weight is 400 g/mol. The molecular formula is C19H18F2N6O2. The largest absolute Gasteiger partial charge is 0.488 e. The van der Waals surface area contributed by atoms with Gasteiger partial charge in [-0.05, 0) is 6.07 Å². The van der Waals surface area contributed by atoms with Crippen LogP contribution in [-0.4, -0.2) is 57.7 Å².